The van der Waals surface area contributed by atoms with Crippen LogP contribution in [0.2, 0.25) is 0 Å². The minimum atomic E-state index is -0.0887. The van der Waals surface area contributed by atoms with Gasteiger partial charge >= 0.3 is 0 Å². The maximum absolute atomic E-state index is 12.1. The van der Waals surface area contributed by atoms with Gasteiger partial charge in [0.05, 0.1) is 5.69 Å². The van der Waals surface area contributed by atoms with E-state index in [1.807, 2.05) is 42.5 Å². The SMILES string of the molecule is COCCCNC(=O)c1ccc(-c2ccc(NCc3ccccc3)nn2)cc1. The van der Waals surface area contributed by atoms with E-state index in [1.165, 1.54) is 5.56 Å². The van der Waals surface area contributed by atoms with Gasteiger partial charge in [-0.05, 0) is 36.2 Å². The van der Waals surface area contributed by atoms with E-state index in [-0.39, 0.29) is 5.91 Å². The molecule has 28 heavy (non-hydrogen) atoms. The van der Waals surface area contributed by atoms with Gasteiger partial charge in [0.15, 0.2) is 0 Å². The number of anilines is 1. The Labute approximate surface area is 165 Å². The Kier molecular flexibility index (Phi) is 7.09. The summed E-state index contributed by atoms with van der Waals surface area (Å²) in [7, 11) is 1.65. The van der Waals surface area contributed by atoms with Crippen LogP contribution < -0.4 is 10.6 Å². The number of carbonyl (C=O) groups excluding carboxylic acids is 1. The molecule has 0 spiro atoms. The molecule has 3 rings (SSSR count). The molecule has 0 unspecified atom stereocenters. The van der Waals surface area contributed by atoms with Gasteiger partial charge in [-0.25, -0.2) is 0 Å². The van der Waals surface area contributed by atoms with Crippen molar-refractivity contribution < 1.29 is 9.53 Å². The van der Waals surface area contributed by atoms with Gasteiger partial charge in [0.2, 0.25) is 0 Å². The lowest BCUT2D eigenvalue weighted by atomic mass is 10.1. The smallest absolute Gasteiger partial charge is 0.251 e. The lowest BCUT2D eigenvalue weighted by Gasteiger charge is -2.07. The van der Waals surface area contributed by atoms with Gasteiger partial charge < -0.3 is 15.4 Å². The minimum Gasteiger partial charge on any atom is -0.385 e. The fraction of sp³-hybridized carbons (Fsp3) is 0.227. The van der Waals surface area contributed by atoms with E-state index < -0.39 is 0 Å². The van der Waals surface area contributed by atoms with Gasteiger partial charge in [0, 0.05) is 37.9 Å². The van der Waals surface area contributed by atoms with Gasteiger partial charge in [-0.3, -0.25) is 4.79 Å². The van der Waals surface area contributed by atoms with Crippen LogP contribution in [-0.2, 0) is 11.3 Å². The largest absolute Gasteiger partial charge is 0.385 e. The van der Waals surface area contributed by atoms with Gasteiger partial charge in [-0.1, -0.05) is 42.5 Å². The van der Waals surface area contributed by atoms with Crippen molar-refractivity contribution in [3.63, 3.8) is 0 Å². The van der Waals surface area contributed by atoms with Crippen molar-refractivity contribution in [2.45, 2.75) is 13.0 Å². The predicted octanol–water partition coefficient (Wildman–Crippen LogP) is 3.52. The average molecular weight is 376 g/mol. The molecule has 0 aliphatic heterocycles. The van der Waals surface area contributed by atoms with Crippen molar-refractivity contribution in [3.05, 3.63) is 77.9 Å². The van der Waals surface area contributed by atoms with Crippen molar-refractivity contribution in [1.29, 1.82) is 0 Å². The third-order valence-electron chi connectivity index (χ3n) is 4.23. The van der Waals surface area contributed by atoms with E-state index in [0.717, 1.165) is 23.5 Å². The van der Waals surface area contributed by atoms with Crippen LogP contribution >= 0.6 is 0 Å². The Morgan fingerprint density at radius 3 is 2.43 bits per heavy atom. The highest BCUT2D eigenvalue weighted by molar-refractivity contribution is 5.94. The molecule has 144 valence electrons. The first kappa shape index (κ1) is 19.5. The van der Waals surface area contributed by atoms with Crippen LogP contribution in [-0.4, -0.2) is 36.4 Å². The summed E-state index contributed by atoms with van der Waals surface area (Å²) in [5.41, 5.74) is 3.48. The second kappa shape index (κ2) is 10.2. The Morgan fingerprint density at radius 2 is 1.75 bits per heavy atom. The quantitative estimate of drug-likeness (QED) is 0.559. The molecule has 1 heterocycles. The lowest BCUT2D eigenvalue weighted by Crippen LogP contribution is -2.25. The molecule has 0 aliphatic rings. The summed E-state index contributed by atoms with van der Waals surface area (Å²) < 4.78 is 4.97. The number of methoxy groups -OCH3 is 1. The molecule has 0 radical (unpaired) electrons. The normalized spacial score (nSPS) is 10.5. The zero-order chi connectivity index (χ0) is 19.6. The highest BCUT2D eigenvalue weighted by Crippen LogP contribution is 2.18. The van der Waals surface area contributed by atoms with E-state index in [1.54, 1.807) is 19.2 Å². The molecule has 3 aromatic rings. The number of hydrogen-bond donors (Lipinski definition) is 2. The minimum absolute atomic E-state index is 0.0887. The average Bonchev–Trinajstić information content (AvgIpc) is 2.76. The third-order valence-corrected chi connectivity index (χ3v) is 4.23. The Balaban J connectivity index is 1.55. The summed E-state index contributed by atoms with van der Waals surface area (Å²) in [5.74, 6) is 0.633. The molecular formula is C22H24N4O2. The van der Waals surface area contributed by atoms with Crippen LogP contribution in [0.1, 0.15) is 22.3 Å². The Hall–Kier alpha value is -3.25. The highest BCUT2D eigenvalue weighted by atomic mass is 16.5. The second-order valence-corrected chi connectivity index (χ2v) is 6.32. The molecule has 2 N–H and O–H groups in total. The number of nitrogens with zero attached hydrogens (tertiary/aromatic N) is 2. The first-order chi connectivity index (χ1) is 13.8. The molecule has 2 aromatic carbocycles. The van der Waals surface area contributed by atoms with E-state index in [4.69, 9.17) is 4.74 Å². The van der Waals surface area contributed by atoms with Crippen LogP contribution in [0, 0.1) is 0 Å². The molecule has 0 saturated carbocycles. The molecule has 0 bridgehead atoms. The summed E-state index contributed by atoms with van der Waals surface area (Å²) in [6, 6.07) is 21.3. The lowest BCUT2D eigenvalue weighted by molar-refractivity contribution is 0.0948. The van der Waals surface area contributed by atoms with E-state index >= 15 is 0 Å². The van der Waals surface area contributed by atoms with Crippen LogP contribution in [0.3, 0.4) is 0 Å². The molecule has 0 fully saturated rings. The Morgan fingerprint density at radius 1 is 0.964 bits per heavy atom. The number of amides is 1. The molecular weight excluding hydrogens is 352 g/mol. The molecule has 0 aliphatic carbocycles. The first-order valence-corrected chi connectivity index (χ1v) is 9.25. The topological polar surface area (TPSA) is 76.1 Å². The third kappa shape index (κ3) is 5.62. The van der Waals surface area contributed by atoms with Crippen molar-refractivity contribution in [1.82, 2.24) is 15.5 Å². The fourth-order valence-corrected chi connectivity index (χ4v) is 2.68. The predicted molar refractivity (Wildman–Crippen MR) is 110 cm³/mol. The summed E-state index contributed by atoms with van der Waals surface area (Å²) in [6.07, 6.45) is 0.792. The number of benzene rings is 2. The summed E-state index contributed by atoms with van der Waals surface area (Å²) in [4.78, 5) is 12.1. The molecule has 6 nitrogen and oxygen atoms in total. The van der Waals surface area contributed by atoms with Gasteiger partial charge in [0.25, 0.3) is 5.91 Å². The number of nitrogens with one attached hydrogen (secondary N) is 2. The second-order valence-electron chi connectivity index (χ2n) is 6.32. The Bertz CT molecular complexity index is 865. The number of rotatable bonds is 9. The number of aromatic nitrogens is 2. The molecule has 1 amide bonds. The maximum Gasteiger partial charge on any atom is 0.251 e. The zero-order valence-corrected chi connectivity index (χ0v) is 15.9. The molecule has 0 atom stereocenters. The fourth-order valence-electron chi connectivity index (χ4n) is 2.68. The van der Waals surface area contributed by atoms with Crippen LogP contribution in [0.25, 0.3) is 11.3 Å². The maximum atomic E-state index is 12.1. The number of hydrogen-bond acceptors (Lipinski definition) is 5. The summed E-state index contributed by atoms with van der Waals surface area (Å²) in [6.45, 7) is 1.93. The number of carbonyl (C=O) groups is 1. The van der Waals surface area contributed by atoms with Crippen LogP contribution in [0.4, 0.5) is 5.82 Å². The number of ether oxygens (including phenoxy) is 1. The molecule has 6 heteroatoms. The van der Waals surface area contributed by atoms with E-state index in [9.17, 15) is 4.79 Å². The summed E-state index contributed by atoms with van der Waals surface area (Å²) in [5, 5.41) is 14.6. The van der Waals surface area contributed by atoms with E-state index in [2.05, 4.69) is 33.0 Å². The van der Waals surface area contributed by atoms with Crippen molar-refractivity contribution in [3.8, 4) is 11.3 Å². The van der Waals surface area contributed by atoms with Gasteiger partial charge in [-0.2, -0.15) is 0 Å². The van der Waals surface area contributed by atoms with Crippen LogP contribution in [0.15, 0.2) is 66.7 Å². The standard InChI is InChI=1S/C22H24N4O2/c1-28-15-5-14-23-22(27)19-10-8-18(9-11-19)20-12-13-21(26-25-20)24-16-17-6-3-2-4-7-17/h2-4,6-13H,5,14-16H2,1H3,(H,23,27)(H,24,26). The van der Waals surface area contributed by atoms with Crippen molar-refractivity contribution in [2.24, 2.45) is 0 Å². The summed E-state index contributed by atoms with van der Waals surface area (Å²) >= 11 is 0. The zero-order valence-electron chi connectivity index (χ0n) is 15.9. The van der Waals surface area contributed by atoms with Gasteiger partial charge in [0.1, 0.15) is 5.82 Å². The van der Waals surface area contributed by atoms with Crippen molar-refractivity contribution >= 4 is 11.7 Å². The highest BCUT2D eigenvalue weighted by Gasteiger charge is 2.06. The van der Waals surface area contributed by atoms with E-state index in [0.29, 0.717) is 25.3 Å². The van der Waals surface area contributed by atoms with Gasteiger partial charge in [-0.15, -0.1) is 10.2 Å². The molecule has 1 aromatic heterocycles. The first-order valence-electron chi connectivity index (χ1n) is 9.25. The van der Waals surface area contributed by atoms with Crippen molar-refractivity contribution in [2.75, 3.05) is 25.6 Å². The van der Waals surface area contributed by atoms with Crippen LogP contribution in [0.5, 0.6) is 0 Å². The monoisotopic (exact) mass is 376 g/mol. The molecule has 0 saturated heterocycles.